The van der Waals surface area contributed by atoms with Crippen molar-refractivity contribution in [3.63, 3.8) is 0 Å². The van der Waals surface area contributed by atoms with Gasteiger partial charge in [0, 0.05) is 5.56 Å². The van der Waals surface area contributed by atoms with Crippen molar-refractivity contribution in [2.24, 2.45) is 0 Å². The van der Waals surface area contributed by atoms with Crippen molar-refractivity contribution >= 4 is 12.2 Å². The standard InChI is InChI=1S/C17H17N3OS/c1-10-4-7-15(12(3)8-10)20-16(18-19-17(20)22)14-6-5-13(21)9-11(14)2/h4-9,21H,1-3H3,(H,19,22). The Labute approximate surface area is 134 Å². The molecule has 0 spiro atoms. The second-order valence-electron chi connectivity index (χ2n) is 5.48. The number of phenols is 1. The van der Waals surface area contributed by atoms with Gasteiger partial charge in [-0.2, -0.15) is 5.10 Å². The van der Waals surface area contributed by atoms with Crippen molar-refractivity contribution in [1.82, 2.24) is 14.8 Å². The maximum atomic E-state index is 9.59. The predicted molar refractivity (Wildman–Crippen MR) is 90.1 cm³/mol. The molecule has 2 aromatic carbocycles. The van der Waals surface area contributed by atoms with Crippen LogP contribution in [0, 0.1) is 25.5 Å². The lowest BCUT2D eigenvalue weighted by Crippen LogP contribution is -2.01. The molecule has 5 heteroatoms. The SMILES string of the molecule is Cc1ccc(-n2c(-c3ccc(O)cc3C)n[nH]c2=S)c(C)c1. The monoisotopic (exact) mass is 311 g/mol. The minimum atomic E-state index is 0.244. The van der Waals surface area contributed by atoms with Crippen molar-refractivity contribution in [2.45, 2.75) is 20.8 Å². The van der Waals surface area contributed by atoms with Crippen LogP contribution in [0.5, 0.6) is 5.75 Å². The highest BCUT2D eigenvalue weighted by Crippen LogP contribution is 2.28. The Hall–Kier alpha value is -2.40. The molecule has 0 amide bonds. The third-order valence-corrected chi connectivity index (χ3v) is 3.99. The zero-order valence-corrected chi connectivity index (χ0v) is 13.5. The van der Waals surface area contributed by atoms with Gasteiger partial charge in [-0.25, -0.2) is 0 Å². The van der Waals surface area contributed by atoms with E-state index in [4.69, 9.17) is 12.2 Å². The van der Waals surface area contributed by atoms with Crippen LogP contribution < -0.4 is 0 Å². The molecule has 22 heavy (non-hydrogen) atoms. The van der Waals surface area contributed by atoms with E-state index >= 15 is 0 Å². The topological polar surface area (TPSA) is 53.8 Å². The molecule has 3 aromatic rings. The van der Waals surface area contributed by atoms with Crippen LogP contribution in [0.2, 0.25) is 0 Å². The number of aromatic amines is 1. The highest BCUT2D eigenvalue weighted by atomic mass is 32.1. The summed E-state index contributed by atoms with van der Waals surface area (Å²) in [5, 5.41) is 16.8. The largest absolute Gasteiger partial charge is 0.508 e. The Morgan fingerprint density at radius 2 is 1.82 bits per heavy atom. The van der Waals surface area contributed by atoms with Crippen molar-refractivity contribution < 1.29 is 5.11 Å². The summed E-state index contributed by atoms with van der Waals surface area (Å²) in [7, 11) is 0. The molecular formula is C17H17N3OS. The molecule has 2 N–H and O–H groups in total. The van der Waals surface area contributed by atoms with Crippen LogP contribution in [-0.4, -0.2) is 19.9 Å². The molecular weight excluding hydrogens is 294 g/mol. The fraction of sp³-hybridized carbons (Fsp3) is 0.176. The zero-order valence-electron chi connectivity index (χ0n) is 12.7. The van der Waals surface area contributed by atoms with Gasteiger partial charge in [0.1, 0.15) is 5.75 Å². The molecule has 4 nitrogen and oxygen atoms in total. The Balaban J connectivity index is 2.26. The van der Waals surface area contributed by atoms with Crippen molar-refractivity contribution in [3.8, 4) is 22.8 Å². The van der Waals surface area contributed by atoms with E-state index in [9.17, 15) is 5.11 Å². The Morgan fingerprint density at radius 3 is 2.50 bits per heavy atom. The lowest BCUT2D eigenvalue weighted by molar-refractivity contribution is 0.475. The molecule has 0 atom stereocenters. The van der Waals surface area contributed by atoms with E-state index in [2.05, 4.69) is 42.2 Å². The molecule has 0 bridgehead atoms. The van der Waals surface area contributed by atoms with E-state index in [1.807, 2.05) is 17.6 Å². The van der Waals surface area contributed by atoms with Crippen LogP contribution in [0.15, 0.2) is 36.4 Å². The molecule has 0 aliphatic carbocycles. The highest BCUT2D eigenvalue weighted by Gasteiger charge is 2.14. The van der Waals surface area contributed by atoms with Gasteiger partial charge in [0.05, 0.1) is 5.69 Å². The van der Waals surface area contributed by atoms with Gasteiger partial charge in [-0.1, -0.05) is 17.7 Å². The van der Waals surface area contributed by atoms with Gasteiger partial charge in [-0.15, -0.1) is 0 Å². The number of phenolic OH excluding ortho intramolecular Hbond substituents is 1. The van der Waals surface area contributed by atoms with Crippen molar-refractivity contribution in [2.75, 3.05) is 0 Å². The number of aryl methyl sites for hydroxylation is 3. The van der Waals surface area contributed by atoms with Gasteiger partial charge >= 0.3 is 0 Å². The number of H-pyrrole nitrogens is 1. The predicted octanol–water partition coefficient (Wildman–Crippen LogP) is 4.23. The number of hydrogen-bond acceptors (Lipinski definition) is 3. The number of nitrogens with one attached hydrogen (secondary N) is 1. The lowest BCUT2D eigenvalue weighted by atomic mass is 10.1. The van der Waals surface area contributed by atoms with Crippen LogP contribution in [0.3, 0.4) is 0 Å². The number of aromatic hydroxyl groups is 1. The molecule has 0 aliphatic heterocycles. The lowest BCUT2D eigenvalue weighted by Gasteiger charge is -2.12. The molecule has 1 aromatic heterocycles. The molecule has 0 radical (unpaired) electrons. The average Bonchev–Trinajstić information content (AvgIpc) is 2.81. The number of hydrogen-bond donors (Lipinski definition) is 2. The van der Waals surface area contributed by atoms with Gasteiger partial charge in [-0.05, 0) is 68.4 Å². The van der Waals surface area contributed by atoms with Crippen molar-refractivity contribution in [3.05, 3.63) is 57.9 Å². The number of nitrogens with zero attached hydrogens (tertiary/aromatic N) is 2. The molecule has 0 unspecified atom stereocenters. The van der Waals surface area contributed by atoms with Crippen LogP contribution >= 0.6 is 12.2 Å². The zero-order chi connectivity index (χ0) is 15.9. The molecule has 3 rings (SSSR count). The minimum absolute atomic E-state index is 0.244. The summed E-state index contributed by atoms with van der Waals surface area (Å²) in [6, 6.07) is 11.5. The Morgan fingerprint density at radius 1 is 1.05 bits per heavy atom. The third-order valence-electron chi connectivity index (χ3n) is 3.72. The molecule has 112 valence electrons. The van der Waals surface area contributed by atoms with E-state index in [1.165, 1.54) is 5.56 Å². The summed E-state index contributed by atoms with van der Waals surface area (Å²) in [6.07, 6.45) is 0. The van der Waals surface area contributed by atoms with Crippen LogP contribution in [0.1, 0.15) is 16.7 Å². The average molecular weight is 311 g/mol. The van der Waals surface area contributed by atoms with Gasteiger partial charge in [0.15, 0.2) is 10.6 Å². The van der Waals surface area contributed by atoms with E-state index in [0.717, 1.165) is 28.2 Å². The normalized spacial score (nSPS) is 10.9. The third kappa shape index (κ3) is 2.44. The van der Waals surface area contributed by atoms with Crippen LogP contribution in [0.25, 0.3) is 17.1 Å². The first-order chi connectivity index (χ1) is 10.5. The van der Waals surface area contributed by atoms with E-state index < -0.39 is 0 Å². The minimum Gasteiger partial charge on any atom is -0.508 e. The van der Waals surface area contributed by atoms with E-state index in [1.54, 1.807) is 12.1 Å². The first-order valence-corrected chi connectivity index (χ1v) is 7.43. The number of benzene rings is 2. The van der Waals surface area contributed by atoms with E-state index in [-0.39, 0.29) is 5.75 Å². The fourth-order valence-electron chi connectivity index (χ4n) is 2.66. The molecule has 0 fully saturated rings. The second kappa shape index (κ2) is 5.42. The fourth-order valence-corrected chi connectivity index (χ4v) is 2.89. The Bertz CT molecular complexity index is 909. The highest BCUT2D eigenvalue weighted by molar-refractivity contribution is 7.71. The molecule has 0 aliphatic rings. The van der Waals surface area contributed by atoms with Gasteiger partial charge in [0.2, 0.25) is 0 Å². The van der Waals surface area contributed by atoms with Crippen LogP contribution in [-0.2, 0) is 0 Å². The first kappa shape index (κ1) is 14.5. The summed E-state index contributed by atoms with van der Waals surface area (Å²) >= 11 is 5.41. The molecule has 1 heterocycles. The quantitative estimate of drug-likeness (QED) is 0.696. The number of aromatic nitrogens is 3. The molecule has 0 saturated heterocycles. The molecule has 0 saturated carbocycles. The maximum absolute atomic E-state index is 9.59. The van der Waals surface area contributed by atoms with E-state index in [0.29, 0.717) is 4.77 Å². The van der Waals surface area contributed by atoms with Gasteiger partial charge < -0.3 is 5.11 Å². The van der Waals surface area contributed by atoms with Crippen molar-refractivity contribution in [1.29, 1.82) is 0 Å². The van der Waals surface area contributed by atoms with Gasteiger partial charge in [0.25, 0.3) is 0 Å². The smallest absolute Gasteiger partial charge is 0.200 e. The van der Waals surface area contributed by atoms with Crippen LogP contribution in [0.4, 0.5) is 0 Å². The first-order valence-electron chi connectivity index (χ1n) is 7.02. The maximum Gasteiger partial charge on any atom is 0.200 e. The Kier molecular flexibility index (Phi) is 3.58. The summed E-state index contributed by atoms with van der Waals surface area (Å²) in [6.45, 7) is 6.07. The summed E-state index contributed by atoms with van der Waals surface area (Å²) in [4.78, 5) is 0. The van der Waals surface area contributed by atoms with Gasteiger partial charge in [-0.3, -0.25) is 9.67 Å². The second-order valence-corrected chi connectivity index (χ2v) is 5.86. The number of rotatable bonds is 2. The summed E-state index contributed by atoms with van der Waals surface area (Å²) in [5.41, 5.74) is 5.23. The summed E-state index contributed by atoms with van der Waals surface area (Å²) < 4.78 is 2.48. The summed E-state index contributed by atoms with van der Waals surface area (Å²) in [5.74, 6) is 0.989.